The number of nitrogens with zero attached hydrogens (tertiary/aromatic N) is 2. The molecule has 3 nitrogen and oxygen atoms in total. The van der Waals surface area contributed by atoms with Crippen LogP contribution in [0.25, 0.3) is 0 Å². The maximum atomic E-state index is 4.15. The van der Waals surface area contributed by atoms with Crippen molar-refractivity contribution >= 4 is 12.4 Å². The molecule has 1 aromatic rings. The van der Waals surface area contributed by atoms with Gasteiger partial charge in [-0.3, -0.25) is 4.98 Å². The Kier molecular flexibility index (Phi) is 7.25. The van der Waals surface area contributed by atoms with Gasteiger partial charge in [0, 0.05) is 18.9 Å². The van der Waals surface area contributed by atoms with Crippen molar-refractivity contribution in [3.63, 3.8) is 0 Å². The quantitative estimate of drug-likeness (QED) is 0.889. The summed E-state index contributed by atoms with van der Waals surface area (Å²) >= 11 is 0. The van der Waals surface area contributed by atoms with Gasteiger partial charge < -0.3 is 10.2 Å². The minimum absolute atomic E-state index is 0. The van der Waals surface area contributed by atoms with Gasteiger partial charge in [-0.15, -0.1) is 12.4 Å². The lowest BCUT2D eigenvalue weighted by Crippen LogP contribution is -2.30. The molecule has 0 amide bonds. The van der Waals surface area contributed by atoms with E-state index < -0.39 is 0 Å². The molecule has 1 fully saturated rings. The summed E-state index contributed by atoms with van der Waals surface area (Å²) in [6.45, 7) is 4.62. The smallest absolute Gasteiger partial charge is 0.0312 e. The van der Waals surface area contributed by atoms with E-state index in [4.69, 9.17) is 0 Å². The third-order valence-electron chi connectivity index (χ3n) is 3.55. The summed E-state index contributed by atoms with van der Waals surface area (Å²) in [6.07, 6.45) is 7.82. The van der Waals surface area contributed by atoms with Gasteiger partial charge in [0.05, 0.1) is 0 Å². The molecule has 0 aliphatic carbocycles. The molecule has 0 aromatic carbocycles. The molecule has 0 radical (unpaired) electrons. The Morgan fingerprint density at radius 2 is 2.17 bits per heavy atom. The lowest BCUT2D eigenvalue weighted by molar-refractivity contribution is 0.266. The minimum Gasteiger partial charge on any atom is -0.317 e. The fraction of sp³-hybridized carbons (Fsp3) is 0.643. The predicted octanol–water partition coefficient (Wildman–Crippen LogP) is 2.32. The first-order valence-corrected chi connectivity index (χ1v) is 6.63. The third kappa shape index (κ3) is 5.34. The Hall–Kier alpha value is -0.640. The number of hydrogen-bond acceptors (Lipinski definition) is 3. The Balaban J connectivity index is 0.00000162. The second-order valence-electron chi connectivity index (χ2n) is 5.08. The largest absolute Gasteiger partial charge is 0.317 e. The van der Waals surface area contributed by atoms with Crippen LogP contribution in [0.15, 0.2) is 24.5 Å². The molecule has 1 aliphatic rings. The van der Waals surface area contributed by atoms with E-state index in [1.165, 1.54) is 44.5 Å². The molecule has 2 rings (SSSR count). The molecule has 1 aromatic heterocycles. The van der Waals surface area contributed by atoms with Crippen LogP contribution in [0.4, 0.5) is 0 Å². The lowest BCUT2D eigenvalue weighted by Gasteiger charge is -2.25. The molecule has 102 valence electrons. The van der Waals surface area contributed by atoms with E-state index in [9.17, 15) is 0 Å². The van der Waals surface area contributed by atoms with Crippen LogP contribution in [0.1, 0.15) is 24.8 Å². The number of aromatic nitrogens is 1. The number of hydrogen-bond donors (Lipinski definition) is 1. The van der Waals surface area contributed by atoms with Gasteiger partial charge in [-0.05, 0) is 63.5 Å². The molecule has 0 saturated carbocycles. The van der Waals surface area contributed by atoms with Gasteiger partial charge in [0.25, 0.3) is 0 Å². The zero-order chi connectivity index (χ0) is 11.9. The van der Waals surface area contributed by atoms with Gasteiger partial charge in [-0.25, -0.2) is 0 Å². The second kappa shape index (κ2) is 8.46. The van der Waals surface area contributed by atoms with Gasteiger partial charge in [0.15, 0.2) is 0 Å². The van der Waals surface area contributed by atoms with Crippen LogP contribution in [0.3, 0.4) is 0 Å². The van der Waals surface area contributed by atoms with Crippen molar-refractivity contribution in [2.75, 3.05) is 26.7 Å². The SMILES string of the molecule is CN(CCC1CCNCC1)Cc1cccnc1.Cl. The molecule has 0 bridgehead atoms. The van der Waals surface area contributed by atoms with Gasteiger partial charge in [-0.2, -0.15) is 0 Å². The molecule has 1 N–H and O–H groups in total. The highest BCUT2D eigenvalue weighted by Gasteiger charge is 2.13. The van der Waals surface area contributed by atoms with Crippen molar-refractivity contribution in [2.45, 2.75) is 25.8 Å². The summed E-state index contributed by atoms with van der Waals surface area (Å²) in [5.74, 6) is 0.924. The summed E-state index contributed by atoms with van der Waals surface area (Å²) in [7, 11) is 2.20. The summed E-state index contributed by atoms with van der Waals surface area (Å²) < 4.78 is 0. The molecular weight excluding hydrogens is 246 g/mol. The third-order valence-corrected chi connectivity index (χ3v) is 3.55. The van der Waals surface area contributed by atoms with E-state index >= 15 is 0 Å². The first kappa shape index (κ1) is 15.4. The highest BCUT2D eigenvalue weighted by atomic mass is 35.5. The maximum absolute atomic E-state index is 4.15. The monoisotopic (exact) mass is 269 g/mol. The summed E-state index contributed by atoms with van der Waals surface area (Å²) in [6, 6.07) is 4.16. The fourth-order valence-electron chi connectivity index (χ4n) is 2.46. The molecule has 0 atom stereocenters. The Bertz CT molecular complexity index is 312. The zero-order valence-electron chi connectivity index (χ0n) is 11.1. The van der Waals surface area contributed by atoms with Crippen LogP contribution in [-0.2, 0) is 6.54 Å². The topological polar surface area (TPSA) is 28.2 Å². The van der Waals surface area contributed by atoms with E-state index in [1.54, 1.807) is 0 Å². The van der Waals surface area contributed by atoms with E-state index in [0.29, 0.717) is 0 Å². The normalized spacial score (nSPS) is 16.6. The lowest BCUT2D eigenvalue weighted by atomic mass is 9.94. The second-order valence-corrected chi connectivity index (χ2v) is 5.08. The van der Waals surface area contributed by atoms with Crippen molar-refractivity contribution < 1.29 is 0 Å². The van der Waals surface area contributed by atoms with Gasteiger partial charge in [0.2, 0.25) is 0 Å². The van der Waals surface area contributed by atoms with Crippen LogP contribution < -0.4 is 5.32 Å². The number of nitrogens with one attached hydrogen (secondary N) is 1. The van der Waals surface area contributed by atoms with E-state index in [1.807, 2.05) is 18.5 Å². The first-order chi connectivity index (χ1) is 8.34. The standard InChI is InChI=1S/C14H23N3.ClH/c1-17(12-14-3-2-7-16-11-14)10-6-13-4-8-15-9-5-13;/h2-3,7,11,13,15H,4-6,8-10,12H2,1H3;1H. The van der Waals surface area contributed by atoms with Gasteiger partial charge in [-0.1, -0.05) is 6.07 Å². The van der Waals surface area contributed by atoms with E-state index in [2.05, 4.69) is 28.3 Å². The number of piperidine rings is 1. The van der Waals surface area contributed by atoms with Crippen molar-refractivity contribution in [3.8, 4) is 0 Å². The highest BCUT2D eigenvalue weighted by molar-refractivity contribution is 5.85. The maximum Gasteiger partial charge on any atom is 0.0312 e. The molecular formula is C14H24ClN3. The highest BCUT2D eigenvalue weighted by Crippen LogP contribution is 2.16. The Morgan fingerprint density at radius 3 is 2.83 bits per heavy atom. The average Bonchev–Trinajstić information content (AvgIpc) is 2.39. The molecule has 0 spiro atoms. The van der Waals surface area contributed by atoms with E-state index in [0.717, 1.165) is 12.5 Å². The van der Waals surface area contributed by atoms with Crippen molar-refractivity contribution in [1.82, 2.24) is 15.2 Å². The predicted molar refractivity (Wildman–Crippen MR) is 78.0 cm³/mol. The first-order valence-electron chi connectivity index (χ1n) is 6.63. The van der Waals surface area contributed by atoms with Crippen molar-refractivity contribution in [3.05, 3.63) is 30.1 Å². The van der Waals surface area contributed by atoms with Gasteiger partial charge in [0.1, 0.15) is 0 Å². The summed E-state index contributed by atoms with van der Waals surface area (Å²) in [4.78, 5) is 6.55. The van der Waals surface area contributed by atoms with Crippen LogP contribution in [0.2, 0.25) is 0 Å². The Labute approximate surface area is 116 Å². The fourth-order valence-corrected chi connectivity index (χ4v) is 2.46. The van der Waals surface area contributed by atoms with E-state index in [-0.39, 0.29) is 12.4 Å². The van der Waals surface area contributed by atoms with Crippen LogP contribution in [0.5, 0.6) is 0 Å². The van der Waals surface area contributed by atoms with Crippen LogP contribution >= 0.6 is 12.4 Å². The molecule has 18 heavy (non-hydrogen) atoms. The molecule has 0 unspecified atom stereocenters. The average molecular weight is 270 g/mol. The van der Waals surface area contributed by atoms with Crippen molar-refractivity contribution in [1.29, 1.82) is 0 Å². The molecule has 2 heterocycles. The van der Waals surface area contributed by atoms with Crippen LogP contribution in [-0.4, -0.2) is 36.6 Å². The minimum atomic E-state index is 0. The number of rotatable bonds is 5. The summed E-state index contributed by atoms with van der Waals surface area (Å²) in [5.41, 5.74) is 1.31. The number of pyridine rings is 1. The van der Waals surface area contributed by atoms with Crippen molar-refractivity contribution in [2.24, 2.45) is 5.92 Å². The van der Waals surface area contributed by atoms with Gasteiger partial charge >= 0.3 is 0 Å². The number of halogens is 1. The molecule has 4 heteroatoms. The zero-order valence-corrected chi connectivity index (χ0v) is 12.0. The molecule has 1 aliphatic heterocycles. The molecule has 1 saturated heterocycles. The summed E-state index contributed by atoms with van der Waals surface area (Å²) in [5, 5.41) is 3.42. The Morgan fingerprint density at radius 1 is 1.39 bits per heavy atom. The van der Waals surface area contributed by atoms with Crippen LogP contribution in [0, 0.1) is 5.92 Å².